The van der Waals surface area contributed by atoms with Gasteiger partial charge in [0.25, 0.3) is 0 Å². The Bertz CT molecular complexity index is 797. The molecule has 104 valence electrons. The summed E-state index contributed by atoms with van der Waals surface area (Å²) in [5.74, 6) is -0.0587. The van der Waals surface area contributed by atoms with E-state index < -0.39 is 0 Å². The van der Waals surface area contributed by atoms with Crippen LogP contribution in [0.15, 0.2) is 69.9 Å². The highest BCUT2D eigenvalue weighted by Crippen LogP contribution is 2.24. The maximum Gasteiger partial charge on any atom is 0.197 e. The number of benzene rings is 2. The first-order chi connectivity index (χ1) is 10.1. The highest BCUT2D eigenvalue weighted by molar-refractivity contribution is 9.11. The normalized spacial score (nSPS) is 10.6. The van der Waals surface area contributed by atoms with Crippen molar-refractivity contribution in [3.8, 4) is 5.69 Å². The van der Waals surface area contributed by atoms with Gasteiger partial charge in [-0.3, -0.25) is 4.79 Å². The molecule has 21 heavy (non-hydrogen) atoms. The van der Waals surface area contributed by atoms with Gasteiger partial charge in [-0.2, -0.15) is 5.10 Å². The first-order valence-electron chi connectivity index (χ1n) is 6.25. The lowest BCUT2D eigenvalue weighted by Gasteiger charge is -2.02. The molecular formula is C16H10Br2N2O. The standard InChI is InChI=1S/C16H10Br2N2O/c17-12-6-7-14(15(18)8-12)16(21)11-9-19-20(10-11)13-4-2-1-3-5-13/h1-10H. The summed E-state index contributed by atoms with van der Waals surface area (Å²) < 4.78 is 3.38. The van der Waals surface area contributed by atoms with Crippen molar-refractivity contribution in [2.45, 2.75) is 0 Å². The average Bonchev–Trinajstić information content (AvgIpc) is 2.97. The molecule has 0 saturated heterocycles. The molecule has 0 saturated carbocycles. The Morgan fingerprint density at radius 1 is 1.05 bits per heavy atom. The molecule has 0 aliphatic rings. The van der Waals surface area contributed by atoms with Gasteiger partial charge in [0.1, 0.15) is 0 Å². The lowest BCUT2D eigenvalue weighted by atomic mass is 10.1. The number of hydrogen-bond acceptors (Lipinski definition) is 2. The minimum Gasteiger partial charge on any atom is -0.288 e. The van der Waals surface area contributed by atoms with Crippen molar-refractivity contribution in [1.82, 2.24) is 9.78 Å². The highest BCUT2D eigenvalue weighted by Gasteiger charge is 2.15. The van der Waals surface area contributed by atoms with E-state index in [0.29, 0.717) is 11.1 Å². The molecule has 1 aromatic heterocycles. The fourth-order valence-corrected chi connectivity index (χ4v) is 3.22. The molecular weight excluding hydrogens is 396 g/mol. The summed E-state index contributed by atoms with van der Waals surface area (Å²) in [5.41, 5.74) is 2.10. The smallest absolute Gasteiger partial charge is 0.197 e. The van der Waals surface area contributed by atoms with Crippen LogP contribution in [-0.4, -0.2) is 15.6 Å². The maximum atomic E-state index is 12.5. The van der Waals surface area contributed by atoms with Gasteiger partial charge in [0.2, 0.25) is 0 Å². The monoisotopic (exact) mass is 404 g/mol. The fourth-order valence-electron chi connectivity index (χ4n) is 1.99. The third-order valence-electron chi connectivity index (χ3n) is 3.04. The molecule has 0 aliphatic carbocycles. The van der Waals surface area contributed by atoms with Gasteiger partial charge in [-0.25, -0.2) is 4.68 Å². The van der Waals surface area contributed by atoms with Crippen LogP contribution in [0.1, 0.15) is 15.9 Å². The molecule has 3 nitrogen and oxygen atoms in total. The molecule has 0 bridgehead atoms. The predicted octanol–water partition coefficient (Wildman–Crippen LogP) is 4.63. The lowest BCUT2D eigenvalue weighted by molar-refractivity contribution is 0.103. The third-order valence-corrected chi connectivity index (χ3v) is 4.19. The summed E-state index contributed by atoms with van der Waals surface area (Å²) in [7, 11) is 0. The Balaban J connectivity index is 1.94. The summed E-state index contributed by atoms with van der Waals surface area (Å²) in [6.07, 6.45) is 3.33. The van der Waals surface area contributed by atoms with Crippen LogP contribution in [0, 0.1) is 0 Å². The van der Waals surface area contributed by atoms with Crippen molar-refractivity contribution in [2.75, 3.05) is 0 Å². The summed E-state index contributed by atoms with van der Waals surface area (Å²) in [6, 6.07) is 15.2. The van der Waals surface area contributed by atoms with E-state index in [1.807, 2.05) is 42.5 Å². The van der Waals surface area contributed by atoms with Gasteiger partial charge in [-0.1, -0.05) is 34.1 Å². The molecule has 0 spiro atoms. The van der Waals surface area contributed by atoms with E-state index in [4.69, 9.17) is 0 Å². The quantitative estimate of drug-likeness (QED) is 0.595. The zero-order valence-corrected chi connectivity index (χ0v) is 14.0. The Morgan fingerprint density at radius 2 is 1.81 bits per heavy atom. The predicted molar refractivity (Wildman–Crippen MR) is 88.8 cm³/mol. The summed E-state index contributed by atoms with van der Waals surface area (Å²) in [6.45, 7) is 0. The first-order valence-corrected chi connectivity index (χ1v) is 7.83. The number of ketones is 1. The number of hydrogen-bond donors (Lipinski definition) is 0. The Morgan fingerprint density at radius 3 is 2.52 bits per heavy atom. The van der Waals surface area contributed by atoms with E-state index in [1.165, 1.54) is 0 Å². The zero-order valence-electron chi connectivity index (χ0n) is 10.8. The van der Waals surface area contributed by atoms with Gasteiger partial charge in [-0.15, -0.1) is 0 Å². The van der Waals surface area contributed by atoms with E-state index in [9.17, 15) is 4.79 Å². The SMILES string of the molecule is O=C(c1cnn(-c2ccccc2)c1)c1ccc(Br)cc1Br. The van der Waals surface area contributed by atoms with E-state index >= 15 is 0 Å². The van der Waals surface area contributed by atoms with Crippen molar-refractivity contribution in [2.24, 2.45) is 0 Å². The largest absolute Gasteiger partial charge is 0.288 e. The van der Waals surface area contributed by atoms with Crippen molar-refractivity contribution < 1.29 is 4.79 Å². The first kappa shape index (κ1) is 14.2. The Kier molecular flexibility index (Phi) is 4.03. The molecule has 0 atom stereocenters. The molecule has 0 unspecified atom stereocenters. The molecule has 0 radical (unpaired) electrons. The number of carbonyl (C=O) groups is 1. The fraction of sp³-hybridized carbons (Fsp3) is 0. The van der Waals surface area contributed by atoms with E-state index in [2.05, 4.69) is 37.0 Å². The topological polar surface area (TPSA) is 34.9 Å². The average molecular weight is 406 g/mol. The molecule has 5 heteroatoms. The third kappa shape index (κ3) is 2.99. The van der Waals surface area contributed by atoms with Gasteiger partial charge in [0.15, 0.2) is 5.78 Å². The van der Waals surface area contributed by atoms with Gasteiger partial charge in [0.05, 0.1) is 17.4 Å². The minimum absolute atomic E-state index is 0.0587. The van der Waals surface area contributed by atoms with Crippen LogP contribution in [0.2, 0.25) is 0 Å². The summed E-state index contributed by atoms with van der Waals surface area (Å²) in [5, 5.41) is 4.25. The van der Waals surface area contributed by atoms with Crippen molar-refractivity contribution in [3.05, 3.63) is 81.0 Å². The number of aromatic nitrogens is 2. The number of rotatable bonds is 3. The number of nitrogens with zero attached hydrogens (tertiary/aromatic N) is 2. The Hall–Kier alpha value is -1.72. The molecule has 0 amide bonds. The van der Waals surface area contributed by atoms with Crippen LogP contribution in [-0.2, 0) is 0 Å². The van der Waals surface area contributed by atoms with E-state index in [0.717, 1.165) is 14.6 Å². The van der Waals surface area contributed by atoms with Crippen molar-refractivity contribution >= 4 is 37.6 Å². The van der Waals surface area contributed by atoms with Crippen LogP contribution < -0.4 is 0 Å². The molecule has 2 aromatic carbocycles. The van der Waals surface area contributed by atoms with Crippen LogP contribution >= 0.6 is 31.9 Å². The van der Waals surface area contributed by atoms with E-state index in [-0.39, 0.29) is 5.78 Å². The molecule has 0 aliphatic heterocycles. The maximum absolute atomic E-state index is 12.5. The second-order valence-corrected chi connectivity index (χ2v) is 6.23. The van der Waals surface area contributed by atoms with Gasteiger partial charge in [0, 0.05) is 20.7 Å². The number of carbonyl (C=O) groups excluding carboxylic acids is 1. The molecule has 0 N–H and O–H groups in total. The molecule has 3 aromatic rings. The van der Waals surface area contributed by atoms with Gasteiger partial charge in [-0.05, 0) is 46.3 Å². The minimum atomic E-state index is -0.0587. The molecule has 0 fully saturated rings. The lowest BCUT2D eigenvalue weighted by Crippen LogP contribution is -2.01. The molecule has 3 rings (SSSR count). The highest BCUT2D eigenvalue weighted by atomic mass is 79.9. The summed E-state index contributed by atoms with van der Waals surface area (Å²) >= 11 is 6.80. The second kappa shape index (κ2) is 5.95. The van der Waals surface area contributed by atoms with Crippen molar-refractivity contribution in [1.29, 1.82) is 0 Å². The second-order valence-electron chi connectivity index (χ2n) is 4.46. The van der Waals surface area contributed by atoms with Crippen LogP contribution in [0.25, 0.3) is 5.69 Å². The van der Waals surface area contributed by atoms with Gasteiger partial charge >= 0.3 is 0 Å². The summed E-state index contributed by atoms with van der Waals surface area (Å²) in [4.78, 5) is 12.5. The van der Waals surface area contributed by atoms with Crippen LogP contribution in [0.4, 0.5) is 0 Å². The van der Waals surface area contributed by atoms with Crippen molar-refractivity contribution in [3.63, 3.8) is 0 Å². The Labute approximate surface area is 138 Å². The molecule has 1 heterocycles. The van der Waals surface area contributed by atoms with Crippen LogP contribution in [0.3, 0.4) is 0 Å². The number of para-hydroxylation sites is 1. The van der Waals surface area contributed by atoms with Crippen LogP contribution in [0.5, 0.6) is 0 Å². The van der Waals surface area contributed by atoms with E-state index in [1.54, 1.807) is 23.1 Å². The zero-order chi connectivity index (χ0) is 14.8. The van der Waals surface area contributed by atoms with Gasteiger partial charge < -0.3 is 0 Å². The number of halogens is 2.